The summed E-state index contributed by atoms with van der Waals surface area (Å²) in [6, 6.07) is 9.15. The van der Waals surface area contributed by atoms with Crippen molar-refractivity contribution < 1.29 is 14.6 Å². The van der Waals surface area contributed by atoms with Crippen LogP contribution >= 0.6 is 0 Å². The number of benzene rings is 1. The fourth-order valence-corrected chi connectivity index (χ4v) is 3.99. The summed E-state index contributed by atoms with van der Waals surface area (Å²) in [4.78, 5) is 17.9. The van der Waals surface area contributed by atoms with Crippen LogP contribution in [-0.2, 0) is 11.3 Å². The number of aliphatic hydroxyl groups excluding tert-OH is 1. The van der Waals surface area contributed by atoms with Crippen molar-refractivity contribution in [2.45, 2.75) is 51.4 Å². The summed E-state index contributed by atoms with van der Waals surface area (Å²) in [5, 5.41) is 22.1. The quantitative estimate of drug-likeness (QED) is 0.540. The molecule has 3 N–H and O–H groups in total. The minimum Gasteiger partial charge on any atom is -0.391 e. The van der Waals surface area contributed by atoms with Crippen LogP contribution in [0.15, 0.2) is 42.7 Å². The number of amides is 1. The van der Waals surface area contributed by atoms with Gasteiger partial charge in [0.1, 0.15) is 0 Å². The number of carbonyl (C=O) groups is 1. The van der Waals surface area contributed by atoms with Gasteiger partial charge in [0, 0.05) is 32.0 Å². The van der Waals surface area contributed by atoms with Gasteiger partial charge in [-0.25, -0.2) is 9.67 Å². The number of hydrogen-bond acceptors (Lipinski definition) is 6. The highest BCUT2D eigenvalue weighted by Gasteiger charge is 2.25. The Hall–Kier alpha value is -2.97. The Morgan fingerprint density at radius 1 is 1.26 bits per heavy atom. The van der Waals surface area contributed by atoms with Crippen molar-refractivity contribution in [3.63, 3.8) is 0 Å². The molecule has 0 spiro atoms. The van der Waals surface area contributed by atoms with E-state index in [1.54, 1.807) is 19.3 Å². The average molecular weight is 424 g/mol. The van der Waals surface area contributed by atoms with E-state index in [2.05, 4.69) is 20.7 Å². The lowest BCUT2D eigenvalue weighted by atomic mass is 10.0. The zero-order chi connectivity index (χ0) is 21.8. The van der Waals surface area contributed by atoms with Crippen LogP contribution in [-0.4, -0.2) is 51.1 Å². The van der Waals surface area contributed by atoms with Gasteiger partial charge in [0.15, 0.2) is 5.65 Å². The lowest BCUT2D eigenvalue weighted by molar-refractivity contribution is 0.0857. The summed E-state index contributed by atoms with van der Waals surface area (Å²) < 4.78 is 7.29. The van der Waals surface area contributed by atoms with E-state index < -0.39 is 12.1 Å². The molecule has 0 radical (unpaired) electrons. The molecule has 3 heterocycles. The molecule has 0 unspecified atom stereocenters. The Morgan fingerprint density at radius 2 is 2.00 bits per heavy atom. The molecule has 1 fully saturated rings. The molecule has 1 amide bonds. The second-order valence-electron chi connectivity index (χ2n) is 7.88. The van der Waals surface area contributed by atoms with Gasteiger partial charge in [-0.2, -0.15) is 5.10 Å². The first-order valence-corrected chi connectivity index (χ1v) is 10.8. The van der Waals surface area contributed by atoms with Crippen molar-refractivity contribution in [2.24, 2.45) is 0 Å². The zero-order valence-corrected chi connectivity index (χ0v) is 17.9. The normalized spacial score (nSPS) is 16.7. The molecule has 3 aromatic rings. The third-order valence-electron chi connectivity index (χ3n) is 5.71. The molecule has 4 rings (SSSR count). The molecule has 164 valence electrons. The Labute approximate surface area is 181 Å². The van der Waals surface area contributed by atoms with Crippen molar-refractivity contribution >= 4 is 22.6 Å². The molecule has 2 atom stereocenters. The molecule has 8 heteroatoms. The largest absolute Gasteiger partial charge is 0.391 e. The number of hydrogen-bond donors (Lipinski definition) is 3. The monoisotopic (exact) mass is 423 g/mol. The van der Waals surface area contributed by atoms with Crippen LogP contribution in [0.5, 0.6) is 0 Å². The fourth-order valence-electron chi connectivity index (χ4n) is 3.99. The van der Waals surface area contributed by atoms with Crippen molar-refractivity contribution in [1.29, 1.82) is 0 Å². The van der Waals surface area contributed by atoms with E-state index in [-0.39, 0.29) is 11.9 Å². The molecular formula is C23H29N5O3. The molecule has 0 saturated carbocycles. The first-order valence-electron chi connectivity index (χ1n) is 10.8. The lowest BCUT2D eigenvalue weighted by Gasteiger charge is -2.26. The number of anilines is 1. The summed E-state index contributed by atoms with van der Waals surface area (Å²) >= 11 is 0. The summed E-state index contributed by atoms with van der Waals surface area (Å²) in [7, 11) is 0. The number of nitrogens with one attached hydrogen (secondary N) is 2. The first-order chi connectivity index (χ1) is 15.1. The molecule has 0 aliphatic carbocycles. The number of nitrogens with zero attached hydrogens (tertiary/aromatic N) is 3. The summed E-state index contributed by atoms with van der Waals surface area (Å²) in [5.74, 6) is -0.289. The van der Waals surface area contributed by atoms with Crippen LogP contribution in [0.2, 0.25) is 0 Å². The van der Waals surface area contributed by atoms with Crippen LogP contribution in [0.1, 0.15) is 48.7 Å². The van der Waals surface area contributed by atoms with Gasteiger partial charge < -0.3 is 20.5 Å². The highest BCUT2D eigenvalue weighted by Crippen LogP contribution is 2.29. The maximum Gasteiger partial charge on any atom is 0.255 e. The van der Waals surface area contributed by atoms with Gasteiger partial charge in [-0.15, -0.1) is 0 Å². The van der Waals surface area contributed by atoms with Gasteiger partial charge in [0.2, 0.25) is 0 Å². The number of rotatable bonds is 7. The van der Waals surface area contributed by atoms with Crippen LogP contribution in [0, 0.1) is 0 Å². The summed E-state index contributed by atoms with van der Waals surface area (Å²) in [6.45, 7) is 5.76. The Kier molecular flexibility index (Phi) is 6.48. The van der Waals surface area contributed by atoms with Crippen molar-refractivity contribution in [2.75, 3.05) is 18.5 Å². The maximum absolute atomic E-state index is 13.4. The predicted molar refractivity (Wildman–Crippen MR) is 119 cm³/mol. The zero-order valence-electron chi connectivity index (χ0n) is 17.9. The van der Waals surface area contributed by atoms with Gasteiger partial charge in [0.05, 0.1) is 35.0 Å². The third kappa shape index (κ3) is 4.55. The van der Waals surface area contributed by atoms with Gasteiger partial charge >= 0.3 is 0 Å². The summed E-state index contributed by atoms with van der Waals surface area (Å²) in [5.41, 5.74) is 2.75. The highest BCUT2D eigenvalue weighted by atomic mass is 16.5. The number of fused-ring (bicyclic) bond motifs is 1. The smallest absolute Gasteiger partial charge is 0.255 e. The second kappa shape index (κ2) is 9.45. The van der Waals surface area contributed by atoms with E-state index in [1.807, 2.05) is 41.9 Å². The number of aryl methyl sites for hydroxylation is 1. The SMILES string of the molecule is CCn1ncc2c(NC3CCOCC3)c(C(=O)N[C@@H](c3ccccc3)[C@@H](C)O)cnc21. The minimum absolute atomic E-state index is 0.206. The van der Waals surface area contributed by atoms with E-state index in [4.69, 9.17) is 4.74 Å². The Morgan fingerprint density at radius 3 is 2.68 bits per heavy atom. The molecule has 31 heavy (non-hydrogen) atoms. The maximum atomic E-state index is 13.4. The minimum atomic E-state index is -0.752. The average Bonchev–Trinajstić information content (AvgIpc) is 3.22. The molecule has 1 aromatic carbocycles. The number of aromatic nitrogens is 3. The Balaban J connectivity index is 1.69. The van der Waals surface area contributed by atoms with E-state index in [1.165, 1.54) is 0 Å². The molecular weight excluding hydrogens is 394 g/mol. The van der Waals surface area contributed by atoms with E-state index in [0.717, 1.165) is 35.1 Å². The second-order valence-corrected chi connectivity index (χ2v) is 7.88. The molecule has 0 bridgehead atoms. The van der Waals surface area contributed by atoms with Crippen molar-refractivity contribution in [1.82, 2.24) is 20.1 Å². The Bertz CT molecular complexity index is 1030. The fraction of sp³-hybridized carbons (Fsp3) is 0.435. The highest BCUT2D eigenvalue weighted by molar-refractivity contribution is 6.06. The molecule has 1 aliphatic heterocycles. The number of carbonyl (C=O) groups excluding carboxylic acids is 1. The summed E-state index contributed by atoms with van der Waals surface area (Å²) in [6.07, 6.45) is 4.34. The predicted octanol–water partition coefficient (Wildman–Crippen LogP) is 2.89. The molecule has 8 nitrogen and oxygen atoms in total. The molecule has 1 aliphatic rings. The number of pyridine rings is 1. The van der Waals surface area contributed by atoms with Crippen LogP contribution in [0.3, 0.4) is 0 Å². The van der Waals surface area contributed by atoms with Crippen molar-refractivity contribution in [3.05, 3.63) is 53.9 Å². The first kappa shape index (κ1) is 21.3. The van der Waals surface area contributed by atoms with Gasteiger partial charge in [0.25, 0.3) is 5.91 Å². The third-order valence-corrected chi connectivity index (χ3v) is 5.71. The standard InChI is InChI=1S/C23H29N5O3/c1-3-28-22-18(14-25-28)21(26-17-9-11-31-12-10-17)19(13-24-22)23(30)27-20(15(2)29)16-7-5-4-6-8-16/h4-8,13-15,17,20,29H,3,9-12H2,1-2H3,(H,24,26)(H,27,30)/t15-,20-/m1/s1. The van der Waals surface area contributed by atoms with Crippen molar-refractivity contribution in [3.8, 4) is 0 Å². The molecule has 2 aromatic heterocycles. The van der Waals surface area contributed by atoms with E-state index in [9.17, 15) is 9.90 Å². The number of ether oxygens (including phenoxy) is 1. The van der Waals surface area contributed by atoms with Gasteiger partial charge in [-0.1, -0.05) is 30.3 Å². The van der Waals surface area contributed by atoms with E-state index >= 15 is 0 Å². The topological polar surface area (TPSA) is 101 Å². The van der Waals surface area contributed by atoms with Crippen LogP contribution in [0.25, 0.3) is 11.0 Å². The van der Waals surface area contributed by atoms with Gasteiger partial charge in [-0.3, -0.25) is 4.79 Å². The van der Waals surface area contributed by atoms with Crippen LogP contribution < -0.4 is 10.6 Å². The van der Waals surface area contributed by atoms with Gasteiger partial charge in [-0.05, 0) is 32.3 Å². The molecule has 1 saturated heterocycles. The number of aliphatic hydroxyl groups is 1. The van der Waals surface area contributed by atoms with E-state index in [0.29, 0.717) is 25.3 Å². The lowest BCUT2D eigenvalue weighted by Crippen LogP contribution is -2.36. The van der Waals surface area contributed by atoms with Crippen LogP contribution in [0.4, 0.5) is 5.69 Å².